The zero-order valence-corrected chi connectivity index (χ0v) is 12.3. The van der Waals surface area contributed by atoms with E-state index in [1.165, 1.54) is 24.0 Å². The van der Waals surface area contributed by atoms with Crippen LogP contribution in [-0.4, -0.2) is 38.6 Å². The van der Waals surface area contributed by atoms with Gasteiger partial charge in [0.15, 0.2) is 12.4 Å². The zero-order valence-electron chi connectivity index (χ0n) is 12.3. The number of methoxy groups -OCH3 is 1. The van der Waals surface area contributed by atoms with E-state index in [-0.39, 0.29) is 23.8 Å². The lowest BCUT2D eigenvalue weighted by Gasteiger charge is -2.02. The maximum Gasteiger partial charge on any atom is 0.378 e. The van der Waals surface area contributed by atoms with Crippen LogP contribution in [0.1, 0.15) is 32.4 Å². The van der Waals surface area contributed by atoms with Gasteiger partial charge in [0.1, 0.15) is 5.56 Å². The molecule has 0 N–H and O–H groups in total. The fourth-order valence-electron chi connectivity index (χ4n) is 1.93. The van der Waals surface area contributed by atoms with E-state index in [2.05, 4.69) is 19.8 Å². The molecule has 0 unspecified atom stereocenters. The number of ether oxygens (including phenoxy) is 2. The third-order valence-electron chi connectivity index (χ3n) is 3.10. The molecule has 3 aromatic heterocycles. The van der Waals surface area contributed by atoms with Gasteiger partial charge in [0.25, 0.3) is 11.6 Å². The quantitative estimate of drug-likeness (QED) is 0.660. The number of furan rings is 1. The SMILES string of the molecule is COC(=O)c1ccoc1COC(=O)c1nc2nccc(C)n2n1. The van der Waals surface area contributed by atoms with Crippen molar-refractivity contribution in [2.45, 2.75) is 13.5 Å². The molecule has 3 rings (SSSR count). The molecule has 0 aliphatic heterocycles. The number of carbonyl (C=O) groups is 2. The third kappa shape index (κ3) is 2.76. The first-order chi connectivity index (χ1) is 11.1. The summed E-state index contributed by atoms with van der Waals surface area (Å²) in [4.78, 5) is 31.5. The molecule has 0 radical (unpaired) electrons. The van der Waals surface area contributed by atoms with E-state index < -0.39 is 11.9 Å². The smallest absolute Gasteiger partial charge is 0.378 e. The molecule has 0 fully saturated rings. The summed E-state index contributed by atoms with van der Waals surface area (Å²) < 4.78 is 16.2. The maximum atomic E-state index is 12.0. The van der Waals surface area contributed by atoms with Gasteiger partial charge in [-0.1, -0.05) is 0 Å². The van der Waals surface area contributed by atoms with E-state index in [9.17, 15) is 9.59 Å². The molecule has 3 heterocycles. The van der Waals surface area contributed by atoms with Crippen molar-refractivity contribution < 1.29 is 23.5 Å². The fraction of sp³-hybridized carbons (Fsp3) is 0.214. The van der Waals surface area contributed by atoms with Crippen molar-refractivity contribution in [3.63, 3.8) is 0 Å². The van der Waals surface area contributed by atoms with E-state index in [0.717, 1.165) is 5.69 Å². The molecule has 0 aliphatic carbocycles. The van der Waals surface area contributed by atoms with E-state index in [1.807, 2.05) is 6.92 Å². The van der Waals surface area contributed by atoms with Crippen LogP contribution in [0, 0.1) is 6.92 Å². The number of nitrogens with zero attached hydrogens (tertiary/aromatic N) is 4. The lowest BCUT2D eigenvalue weighted by Crippen LogP contribution is -2.10. The minimum Gasteiger partial charge on any atom is -0.465 e. The molecule has 3 aromatic rings. The van der Waals surface area contributed by atoms with Crippen LogP contribution in [0.4, 0.5) is 0 Å². The van der Waals surface area contributed by atoms with Gasteiger partial charge >= 0.3 is 11.9 Å². The van der Waals surface area contributed by atoms with Gasteiger partial charge in [0, 0.05) is 11.9 Å². The molecule has 9 heteroatoms. The summed E-state index contributed by atoms with van der Waals surface area (Å²) in [6.45, 7) is 1.57. The van der Waals surface area contributed by atoms with Crippen molar-refractivity contribution in [3.05, 3.63) is 47.4 Å². The highest BCUT2D eigenvalue weighted by atomic mass is 16.5. The molecule has 0 spiro atoms. The van der Waals surface area contributed by atoms with Crippen LogP contribution in [0.25, 0.3) is 5.78 Å². The molecule has 0 bridgehead atoms. The summed E-state index contributed by atoms with van der Waals surface area (Å²) in [6, 6.07) is 3.17. The van der Waals surface area contributed by atoms with E-state index >= 15 is 0 Å². The largest absolute Gasteiger partial charge is 0.465 e. The lowest BCUT2D eigenvalue weighted by atomic mass is 10.2. The number of aryl methyl sites for hydroxylation is 1. The van der Waals surface area contributed by atoms with Gasteiger partial charge in [-0.25, -0.2) is 19.1 Å². The monoisotopic (exact) mass is 316 g/mol. The molecule has 118 valence electrons. The summed E-state index contributed by atoms with van der Waals surface area (Å²) in [6.07, 6.45) is 2.88. The highest BCUT2D eigenvalue weighted by Gasteiger charge is 2.20. The first-order valence-corrected chi connectivity index (χ1v) is 6.60. The highest BCUT2D eigenvalue weighted by molar-refractivity contribution is 5.90. The summed E-state index contributed by atoms with van der Waals surface area (Å²) in [7, 11) is 1.25. The summed E-state index contributed by atoms with van der Waals surface area (Å²) >= 11 is 0. The first kappa shape index (κ1) is 14.7. The van der Waals surface area contributed by atoms with Gasteiger partial charge in [-0.15, -0.1) is 5.10 Å². The highest BCUT2D eigenvalue weighted by Crippen LogP contribution is 2.14. The van der Waals surface area contributed by atoms with Crippen LogP contribution < -0.4 is 0 Å². The molecular weight excluding hydrogens is 304 g/mol. The van der Waals surface area contributed by atoms with Crippen molar-refractivity contribution in [2.24, 2.45) is 0 Å². The Kier molecular flexibility index (Phi) is 3.75. The number of fused-ring (bicyclic) bond motifs is 1. The van der Waals surface area contributed by atoms with E-state index in [4.69, 9.17) is 9.15 Å². The predicted octanol–water partition coefficient (Wildman–Crippen LogP) is 1.17. The Bertz CT molecular complexity index is 882. The van der Waals surface area contributed by atoms with Crippen LogP contribution in [0.5, 0.6) is 0 Å². The maximum absolute atomic E-state index is 12.0. The normalized spacial score (nSPS) is 10.7. The average Bonchev–Trinajstić information content (AvgIpc) is 3.19. The van der Waals surface area contributed by atoms with Gasteiger partial charge in [-0.2, -0.15) is 4.98 Å². The molecule has 23 heavy (non-hydrogen) atoms. The second-order valence-corrected chi connectivity index (χ2v) is 4.56. The second kappa shape index (κ2) is 5.87. The minimum absolute atomic E-state index is 0.127. The van der Waals surface area contributed by atoms with Gasteiger partial charge in [0.2, 0.25) is 0 Å². The standard InChI is InChI=1S/C14H12N4O5/c1-8-3-5-15-14-16-11(17-18(8)14)13(20)23-7-10-9(4-6-22-10)12(19)21-2/h3-6H,7H2,1-2H3. The van der Waals surface area contributed by atoms with Crippen molar-refractivity contribution in [2.75, 3.05) is 7.11 Å². The molecule has 0 saturated carbocycles. The van der Waals surface area contributed by atoms with Crippen molar-refractivity contribution in [3.8, 4) is 0 Å². The molecule has 0 atom stereocenters. The average molecular weight is 316 g/mol. The fourth-order valence-corrected chi connectivity index (χ4v) is 1.93. The van der Waals surface area contributed by atoms with E-state index in [0.29, 0.717) is 5.78 Å². The number of carbonyl (C=O) groups excluding carboxylic acids is 2. The van der Waals surface area contributed by atoms with Crippen LogP contribution in [-0.2, 0) is 16.1 Å². The minimum atomic E-state index is -0.748. The van der Waals surface area contributed by atoms with Crippen molar-refractivity contribution in [1.82, 2.24) is 19.6 Å². The molecular formula is C14H12N4O5. The van der Waals surface area contributed by atoms with Crippen LogP contribution in [0.15, 0.2) is 29.0 Å². The summed E-state index contributed by atoms with van der Waals surface area (Å²) in [5.41, 5.74) is 0.973. The number of rotatable bonds is 4. The lowest BCUT2D eigenvalue weighted by molar-refractivity contribution is 0.0419. The molecule has 0 amide bonds. The zero-order chi connectivity index (χ0) is 16.4. The Morgan fingerprint density at radius 1 is 1.30 bits per heavy atom. The van der Waals surface area contributed by atoms with Crippen LogP contribution in [0.2, 0.25) is 0 Å². The number of hydrogen-bond acceptors (Lipinski definition) is 8. The summed E-state index contributed by atoms with van der Waals surface area (Å²) in [5.74, 6) is -0.968. The predicted molar refractivity (Wildman–Crippen MR) is 74.7 cm³/mol. The Hall–Kier alpha value is -3.23. The van der Waals surface area contributed by atoms with Gasteiger partial charge in [-0.3, -0.25) is 0 Å². The Morgan fingerprint density at radius 2 is 2.13 bits per heavy atom. The number of aromatic nitrogens is 4. The van der Waals surface area contributed by atoms with Crippen molar-refractivity contribution >= 4 is 17.7 Å². The summed E-state index contributed by atoms with van der Waals surface area (Å²) in [5, 5.41) is 4.03. The molecule has 9 nitrogen and oxygen atoms in total. The van der Waals surface area contributed by atoms with Crippen LogP contribution >= 0.6 is 0 Å². The molecule has 0 aromatic carbocycles. The van der Waals surface area contributed by atoms with E-state index in [1.54, 1.807) is 12.3 Å². The van der Waals surface area contributed by atoms with Gasteiger partial charge in [0.05, 0.1) is 13.4 Å². The van der Waals surface area contributed by atoms with Gasteiger partial charge in [-0.05, 0) is 19.1 Å². The molecule has 0 saturated heterocycles. The van der Waals surface area contributed by atoms with Gasteiger partial charge < -0.3 is 13.9 Å². The Labute approximate surface area is 129 Å². The second-order valence-electron chi connectivity index (χ2n) is 4.56. The third-order valence-corrected chi connectivity index (χ3v) is 3.10. The topological polar surface area (TPSA) is 109 Å². The Balaban J connectivity index is 1.75. The number of esters is 2. The van der Waals surface area contributed by atoms with Crippen LogP contribution in [0.3, 0.4) is 0 Å². The number of hydrogen-bond donors (Lipinski definition) is 0. The Morgan fingerprint density at radius 3 is 2.87 bits per heavy atom. The first-order valence-electron chi connectivity index (χ1n) is 6.60. The molecule has 0 aliphatic rings. The van der Waals surface area contributed by atoms with Crippen molar-refractivity contribution in [1.29, 1.82) is 0 Å².